The van der Waals surface area contributed by atoms with Crippen LogP contribution in [0.1, 0.15) is 25.7 Å². The second-order valence-electron chi connectivity index (χ2n) is 5.80. The fourth-order valence-electron chi connectivity index (χ4n) is 2.86. The third-order valence-corrected chi connectivity index (χ3v) is 4.03. The Kier molecular flexibility index (Phi) is 4.76. The molecule has 0 aromatic heterocycles. The molecule has 0 aliphatic heterocycles. The van der Waals surface area contributed by atoms with Gasteiger partial charge in [0.25, 0.3) is 5.91 Å². The van der Waals surface area contributed by atoms with Crippen LogP contribution >= 0.6 is 0 Å². The van der Waals surface area contributed by atoms with E-state index in [9.17, 15) is 9.59 Å². The zero-order valence-electron chi connectivity index (χ0n) is 12.9. The van der Waals surface area contributed by atoms with Gasteiger partial charge in [-0.3, -0.25) is 10.1 Å². The largest absolute Gasteiger partial charge is 0.484 e. The van der Waals surface area contributed by atoms with Crippen LogP contribution in [-0.4, -0.2) is 24.6 Å². The molecule has 5 nitrogen and oxygen atoms in total. The number of rotatable bonds is 4. The second kappa shape index (κ2) is 7.13. The molecule has 0 atom stereocenters. The molecule has 2 aromatic rings. The van der Waals surface area contributed by atoms with Crippen LogP contribution in [-0.2, 0) is 4.79 Å². The van der Waals surface area contributed by atoms with E-state index in [2.05, 4.69) is 10.6 Å². The summed E-state index contributed by atoms with van der Waals surface area (Å²) in [4.78, 5) is 23.5. The Balaban J connectivity index is 1.48. The van der Waals surface area contributed by atoms with Gasteiger partial charge in [0, 0.05) is 6.04 Å². The van der Waals surface area contributed by atoms with Crippen LogP contribution in [0.5, 0.6) is 5.75 Å². The molecule has 1 aliphatic rings. The van der Waals surface area contributed by atoms with Crippen molar-refractivity contribution in [1.29, 1.82) is 0 Å². The van der Waals surface area contributed by atoms with Crippen molar-refractivity contribution in [2.75, 3.05) is 6.61 Å². The summed E-state index contributed by atoms with van der Waals surface area (Å²) in [7, 11) is 0. The van der Waals surface area contributed by atoms with Gasteiger partial charge in [-0.2, -0.15) is 0 Å². The maximum Gasteiger partial charge on any atom is 0.321 e. The number of hydrogen-bond acceptors (Lipinski definition) is 3. The minimum absolute atomic E-state index is 0.184. The van der Waals surface area contributed by atoms with Crippen molar-refractivity contribution in [3.63, 3.8) is 0 Å². The van der Waals surface area contributed by atoms with Gasteiger partial charge >= 0.3 is 6.03 Å². The highest BCUT2D eigenvalue weighted by Crippen LogP contribution is 2.20. The van der Waals surface area contributed by atoms with Crippen molar-refractivity contribution in [3.05, 3.63) is 42.5 Å². The van der Waals surface area contributed by atoms with Crippen molar-refractivity contribution in [3.8, 4) is 5.75 Å². The minimum atomic E-state index is -0.450. The molecular weight excluding hydrogens is 292 g/mol. The van der Waals surface area contributed by atoms with E-state index in [1.165, 1.54) is 0 Å². The van der Waals surface area contributed by atoms with E-state index in [0.717, 1.165) is 36.5 Å². The maximum atomic E-state index is 11.8. The number of imide groups is 1. The van der Waals surface area contributed by atoms with Gasteiger partial charge in [0.2, 0.25) is 0 Å². The molecule has 1 saturated carbocycles. The van der Waals surface area contributed by atoms with Crippen molar-refractivity contribution in [2.24, 2.45) is 0 Å². The summed E-state index contributed by atoms with van der Waals surface area (Å²) in [6, 6.07) is 13.3. The number of benzene rings is 2. The van der Waals surface area contributed by atoms with Crippen LogP contribution in [0.2, 0.25) is 0 Å². The van der Waals surface area contributed by atoms with Crippen LogP contribution in [0.3, 0.4) is 0 Å². The highest BCUT2D eigenvalue weighted by atomic mass is 16.5. The van der Waals surface area contributed by atoms with E-state index in [4.69, 9.17) is 4.74 Å². The van der Waals surface area contributed by atoms with Gasteiger partial charge in [-0.1, -0.05) is 43.2 Å². The third kappa shape index (κ3) is 4.22. The summed E-state index contributed by atoms with van der Waals surface area (Å²) in [6.07, 6.45) is 4.22. The molecule has 3 amide bonds. The lowest BCUT2D eigenvalue weighted by Crippen LogP contribution is -2.45. The first-order chi connectivity index (χ1) is 11.2. The SMILES string of the molecule is O=C(COc1ccc2ccccc2c1)NC(=O)NC1CCCC1. The number of nitrogens with one attached hydrogen (secondary N) is 2. The Bertz CT molecular complexity index is 708. The van der Waals surface area contributed by atoms with Crippen molar-refractivity contribution in [1.82, 2.24) is 10.6 Å². The highest BCUT2D eigenvalue weighted by Gasteiger charge is 2.18. The zero-order chi connectivity index (χ0) is 16.1. The molecule has 3 rings (SSSR count). The first-order valence-electron chi connectivity index (χ1n) is 7.93. The molecule has 5 heteroatoms. The molecule has 0 radical (unpaired) electrons. The van der Waals surface area contributed by atoms with Crippen molar-refractivity contribution < 1.29 is 14.3 Å². The molecule has 2 N–H and O–H groups in total. The first kappa shape index (κ1) is 15.3. The number of carbonyl (C=O) groups is 2. The molecule has 0 unspecified atom stereocenters. The highest BCUT2D eigenvalue weighted by molar-refractivity contribution is 5.95. The Labute approximate surface area is 135 Å². The molecule has 0 spiro atoms. The lowest BCUT2D eigenvalue weighted by molar-refractivity contribution is -0.122. The fourth-order valence-corrected chi connectivity index (χ4v) is 2.86. The predicted octanol–water partition coefficient (Wildman–Crippen LogP) is 2.99. The van der Waals surface area contributed by atoms with Crippen LogP contribution < -0.4 is 15.4 Å². The van der Waals surface area contributed by atoms with Crippen LogP contribution in [0.25, 0.3) is 10.8 Å². The molecule has 0 heterocycles. The van der Waals surface area contributed by atoms with Crippen LogP contribution in [0.15, 0.2) is 42.5 Å². The topological polar surface area (TPSA) is 67.4 Å². The molecular formula is C18H20N2O3. The number of ether oxygens (including phenoxy) is 1. The van der Waals surface area contributed by atoms with Crippen LogP contribution in [0.4, 0.5) is 4.79 Å². The third-order valence-electron chi connectivity index (χ3n) is 4.03. The molecule has 1 aliphatic carbocycles. The van der Waals surface area contributed by atoms with E-state index in [0.29, 0.717) is 5.75 Å². The Hall–Kier alpha value is -2.56. The number of hydrogen-bond donors (Lipinski definition) is 2. The van der Waals surface area contributed by atoms with Gasteiger partial charge in [-0.05, 0) is 35.7 Å². The Morgan fingerprint density at radius 3 is 2.57 bits per heavy atom. The van der Waals surface area contributed by atoms with Gasteiger partial charge in [0.15, 0.2) is 6.61 Å². The number of carbonyl (C=O) groups excluding carboxylic acids is 2. The minimum Gasteiger partial charge on any atom is -0.484 e. The smallest absolute Gasteiger partial charge is 0.321 e. The fraction of sp³-hybridized carbons (Fsp3) is 0.333. The predicted molar refractivity (Wildman–Crippen MR) is 88.4 cm³/mol. The molecule has 120 valence electrons. The lowest BCUT2D eigenvalue weighted by Gasteiger charge is -2.12. The Morgan fingerprint density at radius 2 is 1.78 bits per heavy atom. The summed E-state index contributed by atoms with van der Waals surface area (Å²) >= 11 is 0. The van der Waals surface area contributed by atoms with Gasteiger partial charge in [0.1, 0.15) is 5.75 Å². The maximum absolute atomic E-state index is 11.8. The Morgan fingerprint density at radius 1 is 1.04 bits per heavy atom. The lowest BCUT2D eigenvalue weighted by atomic mass is 10.1. The molecule has 0 saturated heterocycles. The summed E-state index contributed by atoms with van der Waals surface area (Å²) < 4.78 is 5.45. The summed E-state index contributed by atoms with van der Waals surface area (Å²) in [5, 5.41) is 7.26. The van der Waals surface area contributed by atoms with E-state index in [1.807, 2.05) is 42.5 Å². The van der Waals surface area contributed by atoms with E-state index < -0.39 is 11.9 Å². The number of fused-ring (bicyclic) bond motifs is 1. The molecule has 0 bridgehead atoms. The summed E-state index contributed by atoms with van der Waals surface area (Å²) in [5.74, 6) is 0.156. The second-order valence-corrected chi connectivity index (χ2v) is 5.80. The van der Waals surface area contributed by atoms with Gasteiger partial charge in [0.05, 0.1) is 0 Å². The van der Waals surface area contributed by atoms with Crippen molar-refractivity contribution in [2.45, 2.75) is 31.7 Å². The zero-order valence-corrected chi connectivity index (χ0v) is 12.9. The molecule has 23 heavy (non-hydrogen) atoms. The van der Waals surface area contributed by atoms with Crippen LogP contribution in [0, 0.1) is 0 Å². The van der Waals surface area contributed by atoms with Gasteiger partial charge in [-0.25, -0.2) is 4.79 Å². The first-order valence-corrected chi connectivity index (χ1v) is 7.93. The monoisotopic (exact) mass is 312 g/mol. The quantitative estimate of drug-likeness (QED) is 0.912. The van der Waals surface area contributed by atoms with Gasteiger partial charge < -0.3 is 10.1 Å². The molecule has 2 aromatic carbocycles. The van der Waals surface area contributed by atoms with E-state index in [-0.39, 0.29) is 12.6 Å². The average molecular weight is 312 g/mol. The number of urea groups is 1. The van der Waals surface area contributed by atoms with E-state index >= 15 is 0 Å². The summed E-state index contributed by atoms with van der Waals surface area (Å²) in [5.41, 5.74) is 0. The van der Waals surface area contributed by atoms with Gasteiger partial charge in [-0.15, -0.1) is 0 Å². The summed E-state index contributed by atoms with van der Waals surface area (Å²) in [6.45, 7) is -0.184. The molecule has 1 fully saturated rings. The van der Waals surface area contributed by atoms with E-state index in [1.54, 1.807) is 0 Å². The van der Waals surface area contributed by atoms with Crippen molar-refractivity contribution >= 4 is 22.7 Å². The normalized spacial score (nSPS) is 14.6. The standard InChI is InChI=1S/C18H20N2O3/c21-17(20-18(22)19-15-7-3-4-8-15)12-23-16-10-9-13-5-1-2-6-14(13)11-16/h1-2,5-6,9-11,15H,3-4,7-8,12H2,(H2,19,20,21,22). The average Bonchev–Trinajstić information content (AvgIpc) is 3.05. The number of amides is 3.